The van der Waals surface area contributed by atoms with Crippen molar-refractivity contribution < 1.29 is 14.0 Å². The van der Waals surface area contributed by atoms with Gasteiger partial charge in [-0.25, -0.2) is 0 Å². The number of hydrogen-bond donors (Lipinski definition) is 1. The third kappa shape index (κ3) is 4.18. The molecular weight excluding hydrogens is 283 g/mol. The lowest BCUT2D eigenvalue weighted by molar-refractivity contribution is 0.283. The van der Waals surface area contributed by atoms with E-state index in [0.717, 1.165) is 16.7 Å². The van der Waals surface area contributed by atoms with Crippen molar-refractivity contribution >= 4 is 12.9 Å². The maximum Gasteiger partial charge on any atom is 0.359 e. The molecule has 4 heteroatoms. The predicted molar refractivity (Wildman–Crippen MR) is 89.7 cm³/mol. The highest BCUT2D eigenvalue weighted by atomic mass is 31.2. The van der Waals surface area contributed by atoms with Gasteiger partial charge in [-0.05, 0) is 35.8 Å². The monoisotopic (exact) mass is 312 g/mol. The van der Waals surface area contributed by atoms with Gasteiger partial charge in [-0.3, -0.25) is 4.57 Å². The molecule has 1 rings (SSSR count). The van der Waals surface area contributed by atoms with Crippen LogP contribution in [0.2, 0.25) is 0 Å². The van der Waals surface area contributed by atoms with Crippen molar-refractivity contribution in [3.05, 3.63) is 28.8 Å². The van der Waals surface area contributed by atoms with Crippen molar-refractivity contribution in [2.75, 3.05) is 6.61 Å². The van der Waals surface area contributed by atoms with Gasteiger partial charge in [0.15, 0.2) is 0 Å². The van der Waals surface area contributed by atoms with Crippen LogP contribution in [0.1, 0.15) is 65.2 Å². The molecule has 1 aromatic rings. The van der Waals surface area contributed by atoms with Gasteiger partial charge >= 0.3 is 7.60 Å². The number of benzene rings is 1. The van der Waals surface area contributed by atoms with Crippen LogP contribution in [0.5, 0.6) is 0 Å². The average molecular weight is 312 g/mol. The van der Waals surface area contributed by atoms with Crippen molar-refractivity contribution in [2.24, 2.45) is 0 Å². The van der Waals surface area contributed by atoms with Gasteiger partial charge in [0.25, 0.3) is 0 Å². The molecule has 0 saturated carbocycles. The Kier molecular flexibility index (Phi) is 5.15. The third-order valence-electron chi connectivity index (χ3n) is 3.46. The van der Waals surface area contributed by atoms with Crippen LogP contribution in [-0.2, 0) is 19.9 Å². The molecule has 0 fully saturated rings. The largest absolute Gasteiger partial charge is 0.359 e. The minimum Gasteiger partial charge on any atom is -0.321 e. The van der Waals surface area contributed by atoms with E-state index in [1.54, 1.807) is 6.92 Å². The fourth-order valence-corrected chi connectivity index (χ4v) is 4.35. The van der Waals surface area contributed by atoms with E-state index in [1.165, 1.54) is 0 Å². The Balaban J connectivity index is 3.83. The first-order chi connectivity index (χ1) is 9.30. The molecule has 0 aromatic heterocycles. The lowest BCUT2D eigenvalue weighted by Crippen LogP contribution is -2.31. The first-order valence-electron chi connectivity index (χ1n) is 7.44. The van der Waals surface area contributed by atoms with Crippen molar-refractivity contribution in [2.45, 2.75) is 66.2 Å². The SMILES string of the molecule is CCOP(=O)(O)c1c(C(C)(C)C)cc(C)cc1C(C)(C)C. The summed E-state index contributed by atoms with van der Waals surface area (Å²) >= 11 is 0. The van der Waals surface area contributed by atoms with E-state index in [-0.39, 0.29) is 17.4 Å². The van der Waals surface area contributed by atoms with E-state index < -0.39 is 7.60 Å². The summed E-state index contributed by atoms with van der Waals surface area (Å²) in [5.74, 6) is 0. The molecule has 0 aliphatic rings. The summed E-state index contributed by atoms with van der Waals surface area (Å²) in [6.45, 7) is 16.3. The van der Waals surface area contributed by atoms with Crippen LogP contribution in [0, 0.1) is 6.92 Å². The van der Waals surface area contributed by atoms with Gasteiger partial charge in [-0.2, -0.15) is 0 Å². The van der Waals surface area contributed by atoms with Gasteiger partial charge in [-0.15, -0.1) is 0 Å². The summed E-state index contributed by atoms with van der Waals surface area (Å²) in [5.41, 5.74) is 2.44. The second-order valence-corrected chi connectivity index (χ2v) is 9.39. The van der Waals surface area contributed by atoms with Gasteiger partial charge in [0.2, 0.25) is 0 Å². The van der Waals surface area contributed by atoms with E-state index in [1.807, 2.05) is 19.1 Å². The van der Waals surface area contributed by atoms with Crippen LogP contribution < -0.4 is 5.30 Å². The summed E-state index contributed by atoms with van der Waals surface area (Å²) in [5, 5.41) is 0.481. The Morgan fingerprint density at radius 3 is 1.71 bits per heavy atom. The fourth-order valence-electron chi connectivity index (χ4n) is 2.47. The van der Waals surface area contributed by atoms with E-state index >= 15 is 0 Å². The molecule has 0 radical (unpaired) electrons. The highest BCUT2D eigenvalue weighted by Gasteiger charge is 2.36. The van der Waals surface area contributed by atoms with Crippen LogP contribution >= 0.6 is 7.60 Å². The number of aryl methyl sites for hydroxylation is 1. The molecule has 1 atom stereocenters. The Morgan fingerprint density at radius 1 is 1.05 bits per heavy atom. The van der Waals surface area contributed by atoms with Crippen LogP contribution in [0.3, 0.4) is 0 Å². The summed E-state index contributed by atoms with van der Waals surface area (Å²) < 4.78 is 18.0. The zero-order valence-corrected chi connectivity index (χ0v) is 15.5. The predicted octanol–water partition coefficient (Wildman–Crippen LogP) is 4.44. The number of rotatable bonds is 3. The molecule has 0 amide bonds. The van der Waals surface area contributed by atoms with Gasteiger partial charge in [0.1, 0.15) is 0 Å². The second-order valence-electron chi connectivity index (χ2n) is 7.65. The van der Waals surface area contributed by atoms with Crippen LogP contribution in [-0.4, -0.2) is 11.5 Å². The molecule has 0 bridgehead atoms. The van der Waals surface area contributed by atoms with Crippen LogP contribution in [0.25, 0.3) is 0 Å². The zero-order chi connectivity index (χ0) is 16.6. The van der Waals surface area contributed by atoms with Crippen LogP contribution in [0.15, 0.2) is 12.1 Å². The molecule has 0 spiro atoms. The first-order valence-corrected chi connectivity index (χ1v) is 9.02. The molecule has 120 valence electrons. The molecular formula is C17H29O3P. The molecule has 21 heavy (non-hydrogen) atoms. The van der Waals surface area contributed by atoms with Crippen LogP contribution in [0.4, 0.5) is 0 Å². The number of hydrogen-bond acceptors (Lipinski definition) is 2. The second kappa shape index (κ2) is 5.87. The molecule has 0 aliphatic carbocycles. The lowest BCUT2D eigenvalue weighted by atomic mass is 9.79. The third-order valence-corrected chi connectivity index (χ3v) is 5.11. The fraction of sp³-hybridized carbons (Fsp3) is 0.647. The molecule has 0 aliphatic heterocycles. The smallest absolute Gasteiger partial charge is 0.321 e. The van der Waals surface area contributed by atoms with Crippen molar-refractivity contribution in [1.82, 2.24) is 0 Å². The van der Waals surface area contributed by atoms with Gasteiger partial charge in [0, 0.05) is 0 Å². The minimum absolute atomic E-state index is 0.217. The summed E-state index contributed by atoms with van der Waals surface area (Å²) in [7, 11) is -3.83. The van der Waals surface area contributed by atoms with E-state index in [9.17, 15) is 9.46 Å². The molecule has 0 heterocycles. The molecule has 3 nitrogen and oxygen atoms in total. The van der Waals surface area contributed by atoms with Crippen molar-refractivity contribution in [1.29, 1.82) is 0 Å². The summed E-state index contributed by atoms with van der Waals surface area (Å²) in [6.07, 6.45) is 0. The Hall–Kier alpha value is -0.630. The standard InChI is InChI=1S/C17H29O3P/c1-9-20-21(18,19)15-13(16(3,4)5)10-12(2)11-14(15)17(6,7)8/h10-11H,9H2,1-8H3,(H,18,19). The quantitative estimate of drug-likeness (QED) is 0.839. The van der Waals surface area contributed by atoms with E-state index in [0.29, 0.717) is 5.30 Å². The highest BCUT2D eigenvalue weighted by molar-refractivity contribution is 7.61. The summed E-state index contributed by atoms with van der Waals surface area (Å²) in [4.78, 5) is 10.5. The van der Waals surface area contributed by atoms with Gasteiger partial charge in [-0.1, -0.05) is 59.2 Å². The van der Waals surface area contributed by atoms with Crippen molar-refractivity contribution in [3.8, 4) is 0 Å². The van der Waals surface area contributed by atoms with Gasteiger partial charge in [0.05, 0.1) is 11.9 Å². The molecule has 1 N–H and O–H groups in total. The maximum absolute atomic E-state index is 12.8. The first kappa shape index (κ1) is 18.4. The molecule has 1 unspecified atom stereocenters. The van der Waals surface area contributed by atoms with Gasteiger partial charge < -0.3 is 9.42 Å². The average Bonchev–Trinajstić information content (AvgIpc) is 2.24. The topological polar surface area (TPSA) is 46.5 Å². The molecule has 1 aromatic carbocycles. The zero-order valence-electron chi connectivity index (χ0n) is 14.6. The summed E-state index contributed by atoms with van der Waals surface area (Å²) in [6, 6.07) is 4.01. The van der Waals surface area contributed by atoms with Crippen molar-refractivity contribution in [3.63, 3.8) is 0 Å². The maximum atomic E-state index is 12.8. The van der Waals surface area contributed by atoms with E-state index in [4.69, 9.17) is 4.52 Å². The molecule has 0 saturated heterocycles. The Bertz CT molecular complexity index is 527. The Labute approximate surface area is 129 Å². The highest BCUT2D eigenvalue weighted by Crippen LogP contribution is 2.47. The lowest BCUT2D eigenvalue weighted by Gasteiger charge is -2.32. The minimum atomic E-state index is -3.83. The Morgan fingerprint density at radius 2 is 1.43 bits per heavy atom. The van der Waals surface area contributed by atoms with E-state index in [2.05, 4.69) is 41.5 Å². The normalized spacial score (nSPS) is 15.9.